The van der Waals surface area contributed by atoms with E-state index in [0.717, 1.165) is 16.0 Å². The molecule has 1 unspecified atom stereocenters. The molecule has 3 heterocycles. The molecule has 0 saturated carbocycles. The van der Waals surface area contributed by atoms with Crippen molar-refractivity contribution in [2.75, 3.05) is 12.4 Å². The van der Waals surface area contributed by atoms with Crippen molar-refractivity contribution in [2.45, 2.75) is 23.9 Å². The molecular formula is C27H23FN2O4S2. The minimum absolute atomic E-state index is 0.0631. The van der Waals surface area contributed by atoms with E-state index in [1.54, 1.807) is 0 Å². The molecule has 0 bridgehead atoms. The number of halogens is 1. The van der Waals surface area contributed by atoms with Crippen LogP contribution in [0.2, 0.25) is 0 Å². The molecule has 9 heteroatoms. The Morgan fingerprint density at radius 2 is 1.69 bits per heavy atom. The number of thiophene rings is 1. The molecule has 2 amide bonds. The molecule has 0 spiro atoms. The van der Waals surface area contributed by atoms with Crippen molar-refractivity contribution in [3.05, 3.63) is 105 Å². The summed E-state index contributed by atoms with van der Waals surface area (Å²) in [5.41, 5.74) is 1.66. The number of hydrogen-bond donors (Lipinski definition) is 1. The summed E-state index contributed by atoms with van der Waals surface area (Å²) in [7, 11) is 0. The Morgan fingerprint density at radius 1 is 1.03 bits per heavy atom. The van der Waals surface area contributed by atoms with Gasteiger partial charge < -0.3 is 10.1 Å². The number of carbonyl (C=O) groups is 3. The number of benzene rings is 2. The molecule has 2 aliphatic heterocycles. The predicted octanol–water partition coefficient (Wildman–Crippen LogP) is 4.25. The maximum atomic E-state index is 14.0. The summed E-state index contributed by atoms with van der Waals surface area (Å²) in [6.45, 7) is -0.870. The maximum absolute atomic E-state index is 14.0. The Kier molecular flexibility index (Phi) is 7.20. The van der Waals surface area contributed by atoms with Gasteiger partial charge in [-0.3, -0.25) is 14.5 Å². The van der Waals surface area contributed by atoms with Gasteiger partial charge in [-0.1, -0.05) is 66.7 Å². The highest BCUT2D eigenvalue weighted by Crippen LogP contribution is 2.41. The molecule has 2 aromatic carbocycles. The number of fused-ring (bicyclic) bond motifs is 1. The van der Waals surface area contributed by atoms with Crippen molar-refractivity contribution in [2.24, 2.45) is 0 Å². The largest absolute Gasteiger partial charge is 0.448 e. The Bertz CT molecular complexity index is 1240. The lowest BCUT2D eigenvalue weighted by Crippen LogP contribution is -2.70. The van der Waals surface area contributed by atoms with Crippen molar-refractivity contribution < 1.29 is 23.5 Å². The average molecular weight is 523 g/mol. The molecule has 1 aromatic heterocycles. The highest BCUT2D eigenvalue weighted by molar-refractivity contribution is 8.00. The van der Waals surface area contributed by atoms with Gasteiger partial charge in [0.2, 0.25) is 5.91 Å². The van der Waals surface area contributed by atoms with Crippen LogP contribution < -0.4 is 5.32 Å². The molecule has 1 N–H and O–H groups in total. The smallest absolute Gasteiger partial charge is 0.356 e. The van der Waals surface area contributed by atoms with Gasteiger partial charge in [0.05, 0.1) is 6.42 Å². The zero-order chi connectivity index (χ0) is 25.1. The van der Waals surface area contributed by atoms with Crippen LogP contribution in [0.25, 0.3) is 0 Å². The van der Waals surface area contributed by atoms with E-state index in [1.807, 2.05) is 78.2 Å². The van der Waals surface area contributed by atoms with Crippen LogP contribution in [0.4, 0.5) is 4.39 Å². The van der Waals surface area contributed by atoms with E-state index in [9.17, 15) is 18.8 Å². The minimum Gasteiger partial charge on any atom is -0.448 e. The van der Waals surface area contributed by atoms with E-state index in [-0.39, 0.29) is 29.4 Å². The molecule has 3 aromatic rings. The standard InChI is InChI=1S/C27H23FN2O4S2/c28-15-19-16-36-26-22(29-21(31)14-20-12-7-13-35-20)25(32)30(26)23(19)27(33)34-24(17-8-3-1-4-9-17)18-10-5-2-6-11-18/h1-13,22,24,26H,14-16H2,(H,29,31)/t22?,26-/m1/s1. The summed E-state index contributed by atoms with van der Waals surface area (Å²) in [6.07, 6.45) is -0.547. The van der Waals surface area contributed by atoms with Crippen LogP contribution in [0.1, 0.15) is 22.1 Å². The van der Waals surface area contributed by atoms with E-state index in [2.05, 4.69) is 5.32 Å². The van der Waals surface area contributed by atoms with Crippen molar-refractivity contribution in [1.82, 2.24) is 10.2 Å². The predicted molar refractivity (Wildman–Crippen MR) is 137 cm³/mol. The molecule has 0 aliphatic carbocycles. The Hall–Kier alpha value is -3.43. The lowest BCUT2D eigenvalue weighted by molar-refractivity contribution is -0.154. The lowest BCUT2D eigenvalue weighted by Gasteiger charge is -2.49. The molecule has 36 heavy (non-hydrogen) atoms. The second-order valence-electron chi connectivity index (χ2n) is 8.40. The van der Waals surface area contributed by atoms with Gasteiger partial charge in [0.1, 0.15) is 23.8 Å². The Balaban J connectivity index is 1.36. The van der Waals surface area contributed by atoms with E-state index in [0.29, 0.717) is 0 Å². The van der Waals surface area contributed by atoms with E-state index in [4.69, 9.17) is 4.74 Å². The number of esters is 1. The third-order valence-electron chi connectivity index (χ3n) is 6.06. The van der Waals surface area contributed by atoms with Gasteiger partial charge in [0.25, 0.3) is 5.91 Å². The fourth-order valence-corrected chi connectivity index (χ4v) is 6.34. The first-order valence-electron chi connectivity index (χ1n) is 11.4. The Labute approximate surface area is 216 Å². The van der Waals surface area contributed by atoms with Gasteiger partial charge >= 0.3 is 5.97 Å². The second-order valence-corrected chi connectivity index (χ2v) is 10.5. The van der Waals surface area contributed by atoms with Gasteiger partial charge in [-0.25, -0.2) is 9.18 Å². The number of alkyl halides is 1. The summed E-state index contributed by atoms with van der Waals surface area (Å²) in [4.78, 5) is 41.2. The highest BCUT2D eigenvalue weighted by atomic mass is 32.2. The minimum atomic E-state index is -0.870. The van der Waals surface area contributed by atoms with Crippen LogP contribution in [-0.2, 0) is 25.5 Å². The summed E-state index contributed by atoms with van der Waals surface area (Å²) < 4.78 is 19.9. The lowest BCUT2D eigenvalue weighted by atomic mass is 10.0. The van der Waals surface area contributed by atoms with Gasteiger partial charge in [-0.15, -0.1) is 23.1 Å². The van der Waals surface area contributed by atoms with Crippen LogP contribution >= 0.6 is 23.1 Å². The number of β-lactam (4-membered cyclic amide) rings is 1. The topological polar surface area (TPSA) is 75.7 Å². The number of carbonyl (C=O) groups excluding carboxylic acids is 3. The molecule has 6 nitrogen and oxygen atoms in total. The fourth-order valence-electron chi connectivity index (χ4n) is 4.32. The van der Waals surface area contributed by atoms with Crippen LogP contribution in [-0.4, -0.2) is 46.5 Å². The first-order chi connectivity index (χ1) is 17.6. The number of amides is 2. The molecule has 5 rings (SSSR count). The first kappa shape index (κ1) is 24.3. The van der Waals surface area contributed by atoms with Crippen molar-refractivity contribution >= 4 is 40.9 Å². The molecular weight excluding hydrogens is 499 g/mol. The fraction of sp³-hybridized carbons (Fsp3) is 0.222. The zero-order valence-corrected chi connectivity index (χ0v) is 20.8. The van der Waals surface area contributed by atoms with E-state index < -0.39 is 36.1 Å². The number of rotatable bonds is 8. The van der Waals surface area contributed by atoms with Gasteiger partial charge in [0.15, 0.2) is 6.10 Å². The second kappa shape index (κ2) is 10.7. The summed E-state index contributed by atoms with van der Waals surface area (Å²) in [6, 6.07) is 21.5. The number of nitrogens with zero attached hydrogens (tertiary/aromatic N) is 1. The van der Waals surface area contributed by atoms with Crippen molar-refractivity contribution in [1.29, 1.82) is 0 Å². The summed E-state index contributed by atoms with van der Waals surface area (Å²) >= 11 is 2.79. The van der Waals surface area contributed by atoms with Crippen LogP contribution in [0.3, 0.4) is 0 Å². The van der Waals surface area contributed by atoms with Crippen LogP contribution in [0, 0.1) is 0 Å². The van der Waals surface area contributed by atoms with Crippen LogP contribution in [0.5, 0.6) is 0 Å². The van der Waals surface area contributed by atoms with Gasteiger partial charge in [-0.05, 0) is 22.6 Å². The maximum Gasteiger partial charge on any atom is 0.356 e. The average Bonchev–Trinajstić information content (AvgIpc) is 3.43. The molecule has 0 radical (unpaired) electrons. The molecule has 2 atom stereocenters. The van der Waals surface area contributed by atoms with Crippen molar-refractivity contribution in [3.63, 3.8) is 0 Å². The number of nitrogens with one attached hydrogen (secondary N) is 1. The SMILES string of the molecule is O=C(Cc1cccs1)NC1C(=O)N2C(C(=O)OC(c3ccccc3)c3ccccc3)=C(CF)CS[C@H]12. The number of ether oxygens (including phenoxy) is 1. The molecule has 1 fully saturated rings. The normalized spacial score (nSPS) is 19.1. The molecule has 1 saturated heterocycles. The van der Waals surface area contributed by atoms with E-state index in [1.165, 1.54) is 28.0 Å². The number of hydrogen-bond acceptors (Lipinski definition) is 6. The number of thioether (sulfide) groups is 1. The zero-order valence-electron chi connectivity index (χ0n) is 19.1. The summed E-state index contributed by atoms with van der Waals surface area (Å²) in [5.74, 6) is -1.25. The highest BCUT2D eigenvalue weighted by Gasteiger charge is 2.54. The third-order valence-corrected chi connectivity index (χ3v) is 8.28. The Morgan fingerprint density at radius 3 is 2.28 bits per heavy atom. The van der Waals surface area contributed by atoms with E-state index >= 15 is 0 Å². The van der Waals surface area contributed by atoms with Crippen molar-refractivity contribution in [3.8, 4) is 0 Å². The molecule has 184 valence electrons. The third kappa shape index (κ3) is 4.81. The first-order valence-corrected chi connectivity index (χ1v) is 13.3. The van der Waals surface area contributed by atoms with Gasteiger partial charge in [-0.2, -0.15) is 0 Å². The monoisotopic (exact) mass is 522 g/mol. The van der Waals surface area contributed by atoms with Gasteiger partial charge in [0, 0.05) is 16.2 Å². The summed E-state index contributed by atoms with van der Waals surface area (Å²) in [5, 5.41) is 4.17. The van der Waals surface area contributed by atoms with Crippen LogP contribution in [0.15, 0.2) is 89.4 Å². The molecule has 2 aliphatic rings. The quantitative estimate of drug-likeness (QED) is 0.354.